The van der Waals surface area contributed by atoms with E-state index in [0.29, 0.717) is 0 Å². The van der Waals surface area contributed by atoms with Crippen molar-refractivity contribution in [2.45, 2.75) is 12.2 Å². The van der Waals surface area contributed by atoms with Gasteiger partial charge in [0, 0.05) is 0 Å². The molecule has 0 bridgehead atoms. The van der Waals surface area contributed by atoms with Crippen molar-refractivity contribution >= 4 is 19.6 Å². The first-order valence-electron chi connectivity index (χ1n) is 2.75. The number of aldehydes is 1. The van der Waals surface area contributed by atoms with E-state index < -0.39 is 18.2 Å². The summed E-state index contributed by atoms with van der Waals surface area (Å²) >= 11 is 0. The zero-order chi connectivity index (χ0) is 9.56. The van der Waals surface area contributed by atoms with Crippen LogP contribution in [-0.4, -0.2) is 42.0 Å². The van der Waals surface area contributed by atoms with E-state index in [4.69, 9.17) is 10.2 Å². The maximum absolute atomic E-state index is 10.4. The van der Waals surface area contributed by atoms with E-state index in [-0.39, 0.29) is 13.6 Å². The molecule has 0 aliphatic heterocycles. The Balaban J connectivity index is 3.91. The second-order valence-corrected chi connectivity index (χ2v) is 1.67. The van der Waals surface area contributed by atoms with Crippen LogP contribution in [0.25, 0.3) is 0 Å². The van der Waals surface area contributed by atoms with Crippen LogP contribution < -0.4 is 0 Å². The Kier molecular flexibility index (Phi) is 4.81. The molecule has 12 heavy (non-hydrogen) atoms. The van der Waals surface area contributed by atoms with Crippen LogP contribution in [0.15, 0.2) is 0 Å². The molecule has 2 unspecified atom stereocenters. The molecule has 8 heteroatoms. The van der Waals surface area contributed by atoms with Gasteiger partial charge in [-0.1, -0.05) is 0 Å². The fraction of sp³-hybridized carbons (Fsp3) is 0.500. The third-order valence-electron chi connectivity index (χ3n) is 0.874. The molecule has 0 saturated heterocycles. The molecule has 0 heterocycles. The van der Waals surface area contributed by atoms with Crippen LogP contribution in [0.3, 0.4) is 0 Å². The van der Waals surface area contributed by atoms with Gasteiger partial charge in [-0.2, -0.15) is 0 Å². The second kappa shape index (κ2) is 5.39. The number of hydrogen-bond donors (Lipinski definition) is 2. The van der Waals surface area contributed by atoms with Crippen LogP contribution in [0.4, 0.5) is 0 Å². The predicted octanol–water partition coefficient (Wildman–Crippen LogP) is -2.65. The van der Waals surface area contributed by atoms with Gasteiger partial charge in [-0.15, -0.1) is 0 Å². The molecule has 0 aliphatic carbocycles. The van der Waals surface area contributed by atoms with Crippen molar-refractivity contribution in [3.8, 4) is 0 Å². The fourth-order valence-corrected chi connectivity index (χ4v) is 0.330. The predicted molar refractivity (Wildman–Crippen MR) is 31.7 cm³/mol. The van der Waals surface area contributed by atoms with Gasteiger partial charge in [0.15, 0.2) is 0 Å². The van der Waals surface area contributed by atoms with Crippen molar-refractivity contribution in [3.05, 3.63) is 0 Å². The number of rotatable bonds is 5. The molecular weight excluding hydrogens is 171 g/mol. The maximum atomic E-state index is 10.4. The molecular formula is C4H5BO7. The topological polar surface area (TPSA) is 110 Å². The minimum atomic E-state index is -2.05. The molecule has 2 atom stereocenters. The number of hydrogen-bond acceptors (Lipinski definition) is 7. The van der Waals surface area contributed by atoms with Gasteiger partial charge < -0.3 is 0 Å². The number of aliphatic hydroxyl groups is 2. The first kappa shape index (κ1) is 10.7. The third kappa shape index (κ3) is 3.22. The number of aliphatic hydroxyl groups excluding tert-OH is 2. The van der Waals surface area contributed by atoms with E-state index >= 15 is 0 Å². The van der Waals surface area contributed by atoms with Gasteiger partial charge in [-0.3, -0.25) is 0 Å². The SMILES string of the molecule is O=BOOC(=O)C(O)C(O)C=O. The van der Waals surface area contributed by atoms with E-state index in [9.17, 15) is 14.3 Å². The van der Waals surface area contributed by atoms with Crippen LogP contribution in [0.2, 0.25) is 0 Å². The first-order chi connectivity index (χ1) is 5.63. The van der Waals surface area contributed by atoms with Crippen LogP contribution in [0.5, 0.6) is 0 Å². The number of carbonyl (C=O) groups is 2. The van der Waals surface area contributed by atoms with Crippen molar-refractivity contribution in [2.75, 3.05) is 0 Å². The third-order valence-corrected chi connectivity index (χ3v) is 0.874. The molecule has 0 radical (unpaired) electrons. The monoisotopic (exact) mass is 176 g/mol. The Morgan fingerprint density at radius 3 is 2.50 bits per heavy atom. The summed E-state index contributed by atoms with van der Waals surface area (Å²) in [5, 5.41) is 17.2. The summed E-state index contributed by atoms with van der Waals surface area (Å²) in [6.45, 7) is 0. The summed E-state index contributed by atoms with van der Waals surface area (Å²) in [5.41, 5.74) is 0. The standard InChI is InChI=1S/C4H5BO7/c6-1-2(7)3(8)4(9)11-12-5-10/h1-3,7-8H. The Hall–Kier alpha value is -1.28. The molecule has 66 valence electrons. The Labute approximate surface area is 67.1 Å². The van der Waals surface area contributed by atoms with Gasteiger partial charge >= 0.3 is 66.0 Å². The van der Waals surface area contributed by atoms with Crippen molar-refractivity contribution in [2.24, 2.45) is 0 Å². The van der Waals surface area contributed by atoms with Gasteiger partial charge in [0.05, 0.1) is 0 Å². The van der Waals surface area contributed by atoms with Gasteiger partial charge in [0.25, 0.3) is 0 Å². The Bertz CT molecular complexity index is 180. The van der Waals surface area contributed by atoms with Gasteiger partial charge in [-0.05, 0) is 0 Å². The average Bonchev–Trinajstić information content (AvgIpc) is 2.11. The van der Waals surface area contributed by atoms with Gasteiger partial charge in [0.2, 0.25) is 0 Å². The van der Waals surface area contributed by atoms with Crippen molar-refractivity contribution in [3.63, 3.8) is 0 Å². The summed E-state index contributed by atoms with van der Waals surface area (Å²) in [6.07, 6.45) is -4.01. The molecule has 7 nitrogen and oxygen atoms in total. The molecule has 0 aromatic heterocycles. The van der Waals surface area contributed by atoms with Crippen LogP contribution in [0.1, 0.15) is 0 Å². The molecule has 0 rings (SSSR count). The summed E-state index contributed by atoms with van der Waals surface area (Å²) in [6, 6.07) is 0. The van der Waals surface area contributed by atoms with Crippen molar-refractivity contribution in [1.29, 1.82) is 0 Å². The summed E-state index contributed by atoms with van der Waals surface area (Å²) in [4.78, 5) is 27.3. The molecule has 0 saturated carbocycles. The van der Waals surface area contributed by atoms with Crippen molar-refractivity contribution < 1.29 is 34.2 Å². The van der Waals surface area contributed by atoms with Gasteiger partial charge in [0.1, 0.15) is 0 Å². The molecule has 2 N–H and O–H groups in total. The molecule has 0 aliphatic rings. The molecule has 0 fully saturated rings. The normalized spacial score (nSPS) is 13.8. The molecule has 0 aromatic rings. The van der Waals surface area contributed by atoms with E-state index in [2.05, 4.69) is 9.69 Å². The van der Waals surface area contributed by atoms with Gasteiger partial charge in [-0.25, -0.2) is 0 Å². The first-order valence-corrected chi connectivity index (χ1v) is 2.75. The summed E-state index contributed by atoms with van der Waals surface area (Å²) in [5.74, 6) is -1.43. The minimum absolute atomic E-state index is 0.0627. The van der Waals surface area contributed by atoms with E-state index in [1.165, 1.54) is 0 Å². The Morgan fingerprint density at radius 2 is 2.08 bits per heavy atom. The summed E-state index contributed by atoms with van der Waals surface area (Å²) < 4.78 is 9.46. The van der Waals surface area contributed by atoms with Crippen LogP contribution in [0, 0.1) is 0 Å². The Morgan fingerprint density at radius 1 is 1.50 bits per heavy atom. The molecule has 0 amide bonds. The van der Waals surface area contributed by atoms with Crippen LogP contribution in [-0.2, 0) is 24.0 Å². The van der Waals surface area contributed by atoms with Crippen molar-refractivity contribution in [1.82, 2.24) is 0 Å². The van der Waals surface area contributed by atoms with E-state index in [1.807, 2.05) is 0 Å². The van der Waals surface area contributed by atoms with E-state index in [1.54, 1.807) is 0 Å². The quantitative estimate of drug-likeness (QED) is 0.203. The second-order valence-electron chi connectivity index (χ2n) is 1.67. The zero-order valence-electron chi connectivity index (χ0n) is 5.75. The molecule has 0 spiro atoms. The summed E-state index contributed by atoms with van der Waals surface area (Å²) in [7, 11) is -0.197. The average molecular weight is 176 g/mol. The van der Waals surface area contributed by atoms with Crippen LogP contribution >= 0.6 is 0 Å². The number of carbonyl (C=O) groups excluding carboxylic acids is 2. The van der Waals surface area contributed by atoms with E-state index in [0.717, 1.165) is 0 Å². The molecule has 0 aromatic carbocycles. The fourth-order valence-electron chi connectivity index (χ4n) is 0.330. The zero-order valence-corrected chi connectivity index (χ0v) is 5.75.